The monoisotopic (exact) mass is 546 g/mol. The summed E-state index contributed by atoms with van der Waals surface area (Å²) in [6.45, 7) is 1.18. The topological polar surface area (TPSA) is 112 Å². The van der Waals surface area contributed by atoms with Gasteiger partial charge in [-0.2, -0.15) is 0 Å². The van der Waals surface area contributed by atoms with E-state index in [0.717, 1.165) is 10.7 Å². The summed E-state index contributed by atoms with van der Waals surface area (Å²) in [5.41, 5.74) is 1.58. The van der Waals surface area contributed by atoms with Crippen LogP contribution in [0.2, 0.25) is 0 Å². The number of benzene rings is 2. The first-order valence-corrected chi connectivity index (χ1v) is 13.1. The van der Waals surface area contributed by atoms with Crippen molar-refractivity contribution in [1.29, 1.82) is 0 Å². The molecule has 1 aliphatic rings. The predicted octanol–water partition coefficient (Wildman–Crippen LogP) is 2.67. The molecule has 9 nitrogen and oxygen atoms in total. The van der Waals surface area contributed by atoms with Gasteiger partial charge in [0.2, 0.25) is 0 Å². The number of methoxy groups -OCH3 is 1. The van der Waals surface area contributed by atoms with Crippen LogP contribution in [0.5, 0.6) is 5.75 Å². The molecule has 2 aromatic carbocycles. The van der Waals surface area contributed by atoms with Crippen molar-refractivity contribution in [2.45, 2.75) is 0 Å². The number of hydrogen-bond acceptors (Lipinski definition) is 5. The standard InChI is InChI=1S/C23H23BrN4O5S/c1-33-18-9-8-17(24)20-19(18)16(14-25-20)21(29)23(30)28-12-10-27(11-13-28)22(26-34(2,31)32)15-6-4-3-5-7-15/h3-9,14,25H,10-13H2,1-2H3/b26-22+. The second-order valence-electron chi connectivity index (χ2n) is 7.82. The third-order valence-electron chi connectivity index (χ3n) is 5.56. The average molecular weight is 547 g/mol. The summed E-state index contributed by atoms with van der Waals surface area (Å²) in [7, 11) is -2.12. The number of aromatic amines is 1. The molecule has 34 heavy (non-hydrogen) atoms. The molecule has 1 aromatic heterocycles. The van der Waals surface area contributed by atoms with Crippen molar-refractivity contribution in [1.82, 2.24) is 14.8 Å². The number of hydrogen-bond donors (Lipinski definition) is 1. The van der Waals surface area contributed by atoms with Gasteiger partial charge in [0.05, 0.1) is 29.8 Å². The Kier molecular flexibility index (Phi) is 6.76. The molecule has 1 saturated heterocycles. The van der Waals surface area contributed by atoms with Gasteiger partial charge in [-0.05, 0) is 28.1 Å². The van der Waals surface area contributed by atoms with Crippen LogP contribution < -0.4 is 4.74 Å². The maximum absolute atomic E-state index is 13.1. The van der Waals surface area contributed by atoms with Crippen LogP contribution in [0.15, 0.2) is 57.5 Å². The highest BCUT2D eigenvalue weighted by Gasteiger charge is 2.31. The number of amides is 1. The number of sulfonamides is 1. The van der Waals surface area contributed by atoms with Crippen molar-refractivity contribution in [3.63, 3.8) is 0 Å². The van der Waals surface area contributed by atoms with Gasteiger partial charge in [-0.1, -0.05) is 30.3 Å². The number of aromatic nitrogens is 1. The van der Waals surface area contributed by atoms with Crippen molar-refractivity contribution in [3.8, 4) is 5.75 Å². The Hall–Kier alpha value is -3.18. The molecule has 1 amide bonds. The number of fused-ring (bicyclic) bond motifs is 1. The Morgan fingerprint density at radius 3 is 2.29 bits per heavy atom. The first kappa shape index (κ1) is 24.0. The van der Waals surface area contributed by atoms with Crippen LogP contribution in [0.25, 0.3) is 10.9 Å². The number of amidine groups is 1. The highest BCUT2D eigenvalue weighted by atomic mass is 79.9. The lowest BCUT2D eigenvalue weighted by Crippen LogP contribution is -2.52. The molecular weight excluding hydrogens is 524 g/mol. The van der Waals surface area contributed by atoms with E-state index in [1.807, 2.05) is 11.0 Å². The lowest BCUT2D eigenvalue weighted by Gasteiger charge is -2.36. The van der Waals surface area contributed by atoms with E-state index in [9.17, 15) is 18.0 Å². The van der Waals surface area contributed by atoms with Gasteiger partial charge in [-0.25, -0.2) is 8.42 Å². The molecule has 0 unspecified atom stereocenters. The summed E-state index contributed by atoms with van der Waals surface area (Å²) in [6, 6.07) is 12.5. The number of H-pyrrole nitrogens is 1. The van der Waals surface area contributed by atoms with Gasteiger partial charge in [0.1, 0.15) is 11.6 Å². The Balaban J connectivity index is 1.54. The summed E-state index contributed by atoms with van der Waals surface area (Å²) in [5.74, 6) is -0.439. The minimum Gasteiger partial charge on any atom is -0.496 e. The van der Waals surface area contributed by atoms with E-state index in [2.05, 4.69) is 25.3 Å². The van der Waals surface area contributed by atoms with Gasteiger partial charge in [0.25, 0.3) is 21.7 Å². The van der Waals surface area contributed by atoms with Crippen LogP contribution in [-0.2, 0) is 14.8 Å². The van der Waals surface area contributed by atoms with Gasteiger partial charge >= 0.3 is 0 Å². The Morgan fingerprint density at radius 2 is 1.68 bits per heavy atom. The number of rotatable bonds is 5. The van der Waals surface area contributed by atoms with E-state index < -0.39 is 21.7 Å². The zero-order valence-electron chi connectivity index (χ0n) is 18.6. The summed E-state index contributed by atoms with van der Waals surface area (Å²) in [5, 5.41) is 0.542. The molecule has 0 radical (unpaired) electrons. The molecular formula is C23H23BrN4O5S. The fourth-order valence-corrected chi connectivity index (χ4v) is 4.93. The number of piperazine rings is 1. The van der Waals surface area contributed by atoms with Crippen LogP contribution in [0.4, 0.5) is 0 Å². The van der Waals surface area contributed by atoms with E-state index in [1.165, 1.54) is 18.2 Å². The van der Waals surface area contributed by atoms with Crippen LogP contribution in [0.3, 0.4) is 0 Å². The molecule has 0 saturated carbocycles. The third kappa shape index (κ3) is 4.85. The largest absolute Gasteiger partial charge is 0.496 e. The average Bonchev–Trinajstić information content (AvgIpc) is 3.28. The number of nitrogens with one attached hydrogen (secondary N) is 1. The van der Waals surface area contributed by atoms with E-state index in [-0.39, 0.29) is 18.7 Å². The fourth-order valence-electron chi connectivity index (χ4n) is 3.95. The van der Waals surface area contributed by atoms with Crippen LogP contribution in [-0.4, -0.2) is 80.3 Å². The van der Waals surface area contributed by atoms with Gasteiger partial charge in [-0.3, -0.25) is 9.59 Å². The smallest absolute Gasteiger partial charge is 0.295 e. The second kappa shape index (κ2) is 9.59. The van der Waals surface area contributed by atoms with E-state index in [0.29, 0.717) is 41.1 Å². The first-order chi connectivity index (χ1) is 16.2. The zero-order valence-corrected chi connectivity index (χ0v) is 21.0. The van der Waals surface area contributed by atoms with Gasteiger partial charge in [0.15, 0.2) is 0 Å². The minimum atomic E-state index is -3.63. The fraction of sp³-hybridized carbons (Fsp3) is 0.261. The number of Topliss-reactive ketones (excluding diaryl/α,β-unsaturated/α-hetero) is 1. The number of carbonyl (C=O) groups is 2. The maximum atomic E-state index is 13.1. The van der Waals surface area contributed by atoms with E-state index in [1.54, 1.807) is 36.4 Å². The third-order valence-corrected chi connectivity index (χ3v) is 6.72. The molecule has 1 N–H and O–H groups in total. The van der Waals surface area contributed by atoms with Gasteiger partial charge in [-0.15, -0.1) is 4.40 Å². The summed E-state index contributed by atoms with van der Waals surface area (Å²) in [6.07, 6.45) is 2.56. The zero-order chi connectivity index (χ0) is 24.5. The number of ketones is 1. The number of nitrogens with zero attached hydrogens (tertiary/aromatic N) is 3. The minimum absolute atomic E-state index is 0.240. The number of carbonyl (C=O) groups excluding carboxylic acids is 2. The molecule has 0 spiro atoms. The first-order valence-electron chi connectivity index (χ1n) is 10.5. The Morgan fingerprint density at radius 1 is 1.03 bits per heavy atom. The highest BCUT2D eigenvalue weighted by molar-refractivity contribution is 9.10. The quantitative estimate of drug-likeness (QED) is 0.228. The van der Waals surface area contributed by atoms with Crippen molar-refractivity contribution in [3.05, 3.63) is 64.3 Å². The lowest BCUT2D eigenvalue weighted by atomic mass is 10.1. The van der Waals surface area contributed by atoms with Gasteiger partial charge in [0, 0.05) is 42.4 Å². The van der Waals surface area contributed by atoms with E-state index in [4.69, 9.17) is 4.74 Å². The number of halogens is 1. The van der Waals surface area contributed by atoms with Crippen molar-refractivity contribution < 1.29 is 22.7 Å². The maximum Gasteiger partial charge on any atom is 0.295 e. The molecule has 0 bridgehead atoms. The SMILES string of the molecule is COc1ccc(Br)c2[nH]cc(C(=O)C(=O)N3CCN(/C(=N/S(C)(=O)=O)c4ccccc4)CC3)c12. The molecule has 0 atom stereocenters. The van der Waals surface area contributed by atoms with Crippen molar-refractivity contribution in [2.75, 3.05) is 39.5 Å². The summed E-state index contributed by atoms with van der Waals surface area (Å²) < 4.78 is 33.9. The van der Waals surface area contributed by atoms with Crippen LogP contribution >= 0.6 is 15.9 Å². The van der Waals surface area contributed by atoms with Crippen molar-refractivity contribution >= 4 is 54.4 Å². The Bertz CT molecular complexity index is 1380. The lowest BCUT2D eigenvalue weighted by molar-refractivity contribution is -0.127. The Labute approximate surface area is 205 Å². The van der Waals surface area contributed by atoms with Crippen LogP contribution in [0, 0.1) is 0 Å². The van der Waals surface area contributed by atoms with Crippen molar-refractivity contribution in [2.24, 2.45) is 4.40 Å². The van der Waals surface area contributed by atoms with Gasteiger partial charge < -0.3 is 19.5 Å². The molecule has 2 heterocycles. The normalized spacial score (nSPS) is 15.0. The molecule has 3 aromatic rings. The molecule has 178 valence electrons. The summed E-state index contributed by atoms with van der Waals surface area (Å²) in [4.78, 5) is 32.5. The van der Waals surface area contributed by atoms with E-state index >= 15 is 0 Å². The molecule has 1 fully saturated rings. The molecule has 0 aliphatic carbocycles. The van der Waals surface area contributed by atoms with Crippen LogP contribution in [0.1, 0.15) is 15.9 Å². The molecule has 1 aliphatic heterocycles. The molecule has 4 rings (SSSR count). The number of ether oxygens (including phenoxy) is 1. The highest BCUT2D eigenvalue weighted by Crippen LogP contribution is 2.34. The second-order valence-corrected chi connectivity index (χ2v) is 10.3. The molecule has 11 heteroatoms. The predicted molar refractivity (Wildman–Crippen MR) is 133 cm³/mol. The summed E-state index contributed by atoms with van der Waals surface area (Å²) >= 11 is 3.44.